The fourth-order valence-electron chi connectivity index (χ4n) is 0.303. The average Bonchev–Trinajstić information content (AvgIpc) is 1.81. The molecule has 0 aliphatic carbocycles. The molecule has 8 heavy (non-hydrogen) atoms. The first-order valence-electron chi connectivity index (χ1n) is 3.10. The first-order valence-corrected chi connectivity index (χ1v) is 3.10. The zero-order valence-electron chi connectivity index (χ0n) is 5.61. The summed E-state index contributed by atoms with van der Waals surface area (Å²) in [6, 6.07) is 0. The van der Waals surface area contributed by atoms with Crippen molar-refractivity contribution in [1.29, 1.82) is 0 Å². The van der Waals surface area contributed by atoms with E-state index in [-0.39, 0.29) is 0 Å². The second kappa shape index (κ2) is 6.54. The van der Waals surface area contributed by atoms with E-state index in [4.69, 9.17) is 4.74 Å². The smallest absolute Gasteiger partial charge is 0.156 e. The van der Waals surface area contributed by atoms with Gasteiger partial charge in [-0.3, -0.25) is 0 Å². The molecule has 1 nitrogen and oxygen atoms in total. The summed E-state index contributed by atoms with van der Waals surface area (Å²) in [7, 11) is 0. The van der Waals surface area contributed by atoms with Crippen molar-refractivity contribution in [3.63, 3.8) is 0 Å². The van der Waals surface area contributed by atoms with Crippen molar-refractivity contribution in [2.24, 2.45) is 0 Å². The van der Waals surface area contributed by atoms with E-state index in [9.17, 15) is 0 Å². The molecule has 0 aromatic heterocycles. The number of hydrogen-bond donors (Lipinski definition) is 0. The van der Waals surface area contributed by atoms with E-state index >= 15 is 0 Å². The van der Waals surface area contributed by atoms with Gasteiger partial charge in [0.15, 0.2) is 6.26 Å². The number of hydrogen-bond acceptors (Lipinski definition) is 1. The Morgan fingerprint density at radius 3 is 2.75 bits per heavy atom. The zero-order valence-corrected chi connectivity index (χ0v) is 5.61. The van der Waals surface area contributed by atoms with Crippen molar-refractivity contribution in [1.82, 2.24) is 0 Å². The highest BCUT2D eigenvalue weighted by atomic mass is 16.5. The number of rotatable bonds is 4. The standard InChI is InChI=1S/C7H13O/c1-3-5-7-8-6-4-2/h5H,3-4,6H2,1-2H3. The molecule has 0 spiro atoms. The van der Waals surface area contributed by atoms with Crippen LogP contribution in [0.4, 0.5) is 0 Å². The van der Waals surface area contributed by atoms with Gasteiger partial charge in [-0.1, -0.05) is 13.8 Å². The molecule has 1 radical (unpaired) electrons. The molecule has 0 aliphatic rings. The number of ether oxygens (including phenoxy) is 1. The molecular formula is C7H13O. The van der Waals surface area contributed by atoms with E-state index in [1.54, 1.807) is 0 Å². The lowest BCUT2D eigenvalue weighted by molar-refractivity contribution is 0.228. The van der Waals surface area contributed by atoms with Gasteiger partial charge in [-0.2, -0.15) is 0 Å². The van der Waals surface area contributed by atoms with Crippen LogP contribution in [0, 0.1) is 6.26 Å². The van der Waals surface area contributed by atoms with Crippen LogP contribution in [-0.2, 0) is 4.74 Å². The predicted molar refractivity (Wildman–Crippen MR) is 34.3 cm³/mol. The van der Waals surface area contributed by atoms with Gasteiger partial charge in [0, 0.05) is 0 Å². The van der Waals surface area contributed by atoms with Gasteiger partial charge >= 0.3 is 0 Å². The lowest BCUT2D eigenvalue weighted by atomic mass is 10.5. The maximum atomic E-state index is 4.92. The third-order valence-electron chi connectivity index (χ3n) is 0.677. The monoisotopic (exact) mass is 113 g/mol. The fraction of sp³-hybridized carbons (Fsp3) is 0.714. The van der Waals surface area contributed by atoms with E-state index in [0.717, 1.165) is 19.4 Å². The molecule has 0 aromatic carbocycles. The van der Waals surface area contributed by atoms with Gasteiger partial charge in [0.2, 0.25) is 0 Å². The Balaban J connectivity index is 2.80. The lowest BCUT2D eigenvalue weighted by Gasteiger charge is -1.91. The Kier molecular flexibility index (Phi) is 6.16. The minimum absolute atomic E-state index is 0.788. The van der Waals surface area contributed by atoms with Crippen LogP contribution in [0.3, 0.4) is 0 Å². The molecule has 0 N–H and O–H groups in total. The minimum atomic E-state index is 0.788. The third kappa shape index (κ3) is 5.54. The Labute approximate surface area is 51.4 Å². The molecule has 47 valence electrons. The van der Waals surface area contributed by atoms with E-state index < -0.39 is 0 Å². The van der Waals surface area contributed by atoms with Crippen LogP contribution in [0.15, 0.2) is 6.08 Å². The summed E-state index contributed by atoms with van der Waals surface area (Å²) in [6.45, 7) is 4.92. The van der Waals surface area contributed by atoms with Crippen LogP contribution in [-0.4, -0.2) is 6.61 Å². The highest BCUT2D eigenvalue weighted by molar-refractivity contribution is 4.62. The number of allylic oxidation sites excluding steroid dienone is 1. The molecule has 0 atom stereocenters. The molecule has 0 bridgehead atoms. The normalized spacial score (nSPS) is 10.2. The predicted octanol–water partition coefficient (Wildman–Crippen LogP) is 2.14. The molecule has 0 fully saturated rings. The highest BCUT2D eigenvalue weighted by Crippen LogP contribution is 1.82. The minimum Gasteiger partial charge on any atom is -0.490 e. The van der Waals surface area contributed by atoms with E-state index in [2.05, 4.69) is 20.1 Å². The van der Waals surface area contributed by atoms with Gasteiger partial charge in [-0.15, -0.1) is 0 Å². The van der Waals surface area contributed by atoms with Crippen LogP contribution in [0.1, 0.15) is 26.7 Å². The van der Waals surface area contributed by atoms with Gasteiger partial charge in [-0.25, -0.2) is 0 Å². The van der Waals surface area contributed by atoms with Crippen molar-refractivity contribution in [3.05, 3.63) is 12.3 Å². The zero-order chi connectivity index (χ0) is 6.24. The van der Waals surface area contributed by atoms with Crippen molar-refractivity contribution in [3.8, 4) is 0 Å². The molecule has 0 aliphatic heterocycles. The average molecular weight is 113 g/mol. The molecular weight excluding hydrogens is 100 g/mol. The van der Waals surface area contributed by atoms with Crippen molar-refractivity contribution < 1.29 is 4.74 Å². The highest BCUT2D eigenvalue weighted by Gasteiger charge is 1.73. The van der Waals surface area contributed by atoms with E-state index in [1.807, 2.05) is 6.08 Å². The maximum absolute atomic E-state index is 4.92. The van der Waals surface area contributed by atoms with Crippen molar-refractivity contribution >= 4 is 0 Å². The second-order valence-corrected chi connectivity index (χ2v) is 1.58. The second-order valence-electron chi connectivity index (χ2n) is 1.58. The summed E-state index contributed by atoms with van der Waals surface area (Å²) in [5, 5.41) is 0. The van der Waals surface area contributed by atoms with Crippen LogP contribution in [0.5, 0.6) is 0 Å². The first kappa shape index (κ1) is 7.54. The van der Waals surface area contributed by atoms with Crippen LogP contribution in [0.2, 0.25) is 0 Å². The Morgan fingerprint density at radius 2 is 2.25 bits per heavy atom. The lowest BCUT2D eigenvalue weighted by Crippen LogP contribution is -1.82. The van der Waals surface area contributed by atoms with Crippen LogP contribution in [0.25, 0.3) is 0 Å². The first-order chi connectivity index (χ1) is 3.91. The Hall–Kier alpha value is -0.460. The van der Waals surface area contributed by atoms with Crippen LogP contribution >= 0.6 is 0 Å². The van der Waals surface area contributed by atoms with Crippen molar-refractivity contribution in [2.75, 3.05) is 6.61 Å². The molecule has 1 heteroatoms. The summed E-state index contributed by atoms with van der Waals surface area (Å²) in [6.07, 6.45) is 6.66. The topological polar surface area (TPSA) is 9.23 Å². The fourth-order valence-corrected chi connectivity index (χ4v) is 0.303. The summed E-state index contributed by atoms with van der Waals surface area (Å²) >= 11 is 0. The largest absolute Gasteiger partial charge is 0.490 e. The molecule has 0 saturated carbocycles. The van der Waals surface area contributed by atoms with Gasteiger partial charge in [0.1, 0.15) is 0 Å². The Bertz CT molecular complexity index is 57.4. The van der Waals surface area contributed by atoms with Crippen LogP contribution < -0.4 is 0 Å². The van der Waals surface area contributed by atoms with Gasteiger partial charge in [-0.05, 0) is 18.9 Å². The maximum Gasteiger partial charge on any atom is 0.156 e. The van der Waals surface area contributed by atoms with Gasteiger partial charge < -0.3 is 4.74 Å². The SMILES string of the molecule is CC/C=[C]\OCCC. The Morgan fingerprint density at radius 1 is 1.50 bits per heavy atom. The molecule has 0 saturated heterocycles. The summed E-state index contributed by atoms with van der Waals surface area (Å²) in [5.74, 6) is 0. The summed E-state index contributed by atoms with van der Waals surface area (Å²) < 4.78 is 4.92. The molecule has 0 unspecified atom stereocenters. The van der Waals surface area contributed by atoms with Crippen molar-refractivity contribution in [2.45, 2.75) is 26.7 Å². The third-order valence-corrected chi connectivity index (χ3v) is 0.677. The van der Waals surface area contributed by atoms with Gasteiger partial charge in [0.25, 0.3) is 0 Å². The molecule has 0 heterocycles. The molecule has 0 aromatic rings. The molecule has 0 amide bonds. The summed E-state index contributed by atoms with van der Waals surface area (Å²) in [4.78, 5) is 0. The summed E-state index contributed by atoms with van der Waals surface area (Å²) in [5.41, 5.74) is 0. The molecule has 0 rings (SSSR count). The van der Waals surface area contributed by atoms with E-state index in [1.165, 1.54) is 0 Å². The van der Waals surface area contributed by atoms with E-state index in [0.29, 0.717) is 0 Å². The van der Waals surface area contributed by atoms with Gasteiger partial charge in [0.05, 0.1) is 6.61 Å². The quantitative estimate of drug-likeness (QED) is 0.401.